The first-order chi connectivity index (χ1) is 8.90. The van der Waals surface area contributed by atoms with Gasteiger partial charge in [-0.2, -0.15) is 0 Å². The molecule has 1 heterocycles. The van der Waals surface area contributed by atoms with Crippen LogP contribution in [0.1, 0.15) is 16.8 Å². The second kappa shape index (κ2) is 4.89. The Kier molecular flexibility index (Phi) is 3.44. The van der Waals surface area contributed by atoms with E-state index in [4.69, 9.17) is 23.1 Å². The lowest BCUT2D eigenvalue weighted by atomic mass is 10.1. The van der Waals surface area contributed by atoms with Gasteiger partial charge in [-0.1, -0.05) is 11.6 Å². The molecule has 2 rings (SSSR count). The zero-order valence-corrected chi connectivity index (χ0v) is 10.7. The van der Waals surface area contributed by atoms with E-state index in [9.17, 15) is 14.4 Å². The Morgan fingerprint density at radius 2 is 2.00 bits per heavy atom. The van der Waals surface area contributed by atoms with Gasteiger partial charge in [0.1, 0.15) is 0 Å². The molecule has 4 N–H and O–H groups in total. The Balaban J connectivity index is 2.36. The summed E-state index contributed by atoms with van der Waals surface area (Å²) in [6.45, 7) is 0.163. The van der Waals surface area contributed by atoms with Gasteiger partial charge in [-0.05, 0) is 18.2 Å². The van der Waals surface area contributed by atoms with E-state index in [1.165, 1.54) is 23.1 Å². The number of carbonyl (C=O) groups excluding carboxylic acids is 3. The molecule has 1 aromatic rings. The van der Waals surface area contributed by atoms with E-state index < -0.39 is 17.7 Å². The Morgan fingerprint density at radius 3 is 2.53 bits per heavy atom. The van der Waals surface area contributed by atoms with E-state index in [2.05, 4.69) is 0 Å². The number of nitrogens with two attached hydrogens (primary N) is 2. The van der Waals surface area contributed by atoms with Crippen LogP contribution in [0.2, 0.25) is 5.02 Å². The highest BCUT2D eigenvalue weighted by Gasteiger charge is 2.34. The highest BCUT2D eigenvalue weighted by molar-refractivity contribution is 6.34. The molecular weight excluding hydrogens is 270 g/mol. The first-order valence-electron chi connectivity index (χ1n) is 5.59. The first-order valence-corrected chi connectivity index (χ1v) is 5.97. The lowest BCUT2D eigenvalue weighted by Crippen LogP contribution is -2.28. The van der Waals surface area contributed by atoms with Crippen LogP contribution in [0.5, 0.6) is 0 Å². The number of primary amides is 2. The monoisotopic (exact) mass is 281 g/mol. The molecule has 7 heteroatoms. The van der Waals surface area contributed by atoms with Gasteiger partial charge in [0, 0.05) is 18.5 Å². The first kappa shape index (κ1) is 13.4. The Morgan fingerprint density at radius 1 is 1.32 bits per heavy atom. The van der Waals surface area contributed by atoms with E-state index in [0.29, 0.717) is 10.7 Å². The zero-order valence-electron chi connectivity index (χ0n) is 9.93. The SMILES string of the molecule is NC(=O)c1ccc(Cl)c(N2CC(C(N)=O)CC2=O)c1. The molecule has 1 unspecified atom stereocenters. The molecule has 3 amide bonds. The summed E-state index contributed by atoms with van der Waals surface area (Å²) in [6, 6.07) is 4.40. The normalized spacial score (nSPS) is 18.7. The molecule has 0 bridgehead atoms. The van der Waals surface area contributed by atoms with Gasteiger partial charge >= 0.3 is 0 Å². The maximum atomic E-state index is 11.9. The van der Waals surface area contributed by atoms with Gasteiger partial charge in [-0.15, -0.1) is 0 Å². The molecule has 0 aromatic heterocycles. The fraction of sp³-hybridized carbons (Fsp3) is 0.250. The lowest BCUT2D eigenvalue weighted by Gasteiger charge is -2.18. The summed E-state index contributed by atoms with van der Waals surface area (Å²) in [7, 11) is 0. The standard InChI is InChI=1S/C12H12ClN3O3/c13-8-2-1-6(11(14)18)3-9(8)16-5-7(12(15)19)4-10(16)17/h1-3,7H,4-5H2,(H2,14,18)(H2,15,19). The quantitative estimate of drug-likeness (QED) is 0.831. The third-order valence-electron chi connectivity index (χ3n) is 3.05. The Labute approximate surface area is 114 Å². The van der Waals surface area contributed by atoms with Crippen molar-refractivity contribution in [1.29, 1.82) is 0 Å². The maximum Gasteiger partial charge on any atom is 0.248 e. The van der Waals surface area contributed by atoms with Gasteiger partial charge in [0.05, 0.1) is 16.6 Å². The summed E-state index contributed by atoms with van der Waals surface area (Å²) < 4.78 is 0. The van der Waals surface area contributed by atoms with Crippen LogP contribution in [0.3, 0.4) is 0 Å². The topological polar surface area (TPSA) is 106 Å². The average Bonchev–Trinajstić information content (AvgIpc) is 2.72. The lowest BCUT2D eigenvalue weighted by molar-refractivity contribution is -0.123. The molecule has 0 radical (unpaired) electrons. The zero-order chi connectivity index (χ0) is 14.2. The van der Waals surface area contributed by atoms with Crippen LogP contribution in [-0.4, -0.2) is 24.3 Å². The van der Waals surface area contributed by atoms with Crippen LogP contribution in [0.15, 0.2) is 18.2 Å². The van der Waals surface area contributed by atoms with Crippen molar-refractivity contribution in [2.45, 2.75) is 6.42 Å². The number of halogens is 1. The van der Waals surface area contributed by atoms with E-state index in [-0.39, 0.29) is 24.4 Å². The van der Waals surface area contributed by atoms with E-state index >= 15 is 0 Å². The molecule has 19 heavy (non-hydrogen) atoms. The number of benzene rings is 1. The van der Waals surface area contributed by atoms with Crippen molar-refractivity contribution in [2.75, 3.05) is 11.4 Å². The summed E-state index contributed by atoms with van der Waals surface area (Å²) in [5.74, 6) is -1.94. The molecule has 1 fully saturated rings. The number of nitrogens with zero attached hydrogens (tertiary/aromatic N) is 1. The van der Waals surface area contributed by atoms with Crippen LogP contribution in [0.25, 0.3) is 0 Å². The highest BCUT2D eigenvalue weighted by Crippen LogP contribution is 2.32. The molecule has 1 aliphatic rings. The van der Waals surface area contributed by atoms with E-state index in [1.54, 1.807) is 0 Å². The van der Waals surface area contributed by atoms with Crippen LogP contribution in [0, 0.1) is 5.92 Å². The van der Waals surface area contributed by atoms with E-state index in [1.807, 2.05) is 0 Å². The van der Waals surface area contributed by atoms with Crippen LogP contribution in [-0.2, 0) is 9.59 Å². The van der Waals surface area contributed by atoms with Gasteiger partial charge in [0.2, 0.25) is 17.7 Å². The largest absolute Gasteiger partial charge is 0.369 e. The second-order valence-corrected chi connectivity index (χ2v) is 4.75. The summed E-state index contributed by atoms with van der Waals surface area (Å²) in [4.78, 5) is 35.5. The third-order valence-corrected chi connectivity index (χ3v) is 3.37. The van der Waals surface area contributed by atoms with Gasteiger partial charge in [-0.25, -0.2) is 0 Å². The number of anilines is 1. The molecule has 0 aliphatic carbocycles. The van der Waals surface area contributed by atoms with Gasteiger partial charge < -0.3 is 16.4 Å². The van der Waals surface area contributed by atoms with Crippen molar-refractivity contribution in [2.24, 2.45) is 17.4 Å². The minimum absolute atomic E-state index is 0.0481. The molecule has 1 aliphatic heterocycles. The molecule has 1 aromatic carbocycles. The predicted octanol–water partition coefficient (Wildman–Crippen LogP) is 0.277. The fourth-order valence-corrected chi connectivity index (χ4v) is 2.22. The fourth-order valence-electron chi connectivity index (χ4n) is 2.00. The second-order valence-electron chi connectivity index (χ2n) is 4.34. The minimum Gasteiger partial charge on any atom is -0.369 e. The molecule has 100 valence electrons. The number of hydrogen-bond acceptors (Lipinski definition) is 3. The summed E-state index contributed by atoms with van der Waals surface area (Å²) in [5, 5.41) is 0.309. The molecule has 6 nitrogen and oxygen atoms in total. The maximum absolute atomic E-state index is 11.9. The number of hydrogen-bond donors (Lipinski definition) is 2. The summed E-state index contributed by atoms with van der Waals surface area (Å²) in [5.41, 5.74) is 11.0. The number of carbonyl (C=O) groups is 3. The van der Waals surface area contributed by atoms with Gasteiger partial charge in [0.25, 0.3) is 0 Å². The van der Waals surface area contributed by atoms with Crippen molar-refractivity contribution in [3.63, 3.8) is 0 Å². The summed E-state index contributed by atoms with van der Waals surface area (Å²) in [6.07, 6.45) is 0.0481. The molecule has 0 saturated carbocycles. The van der Waals surface area contributed by atoms with Crippen molar-refractivity contribution < 1.29 is 14.4 Å². The Bertz CT molecular complexity index is 573. The number of amides is 3. The Hall–Kier alpha value is -2.08. The van der Waals surface area contributed by atoms with Crippen molar-refractivity contribution in [3.05, 3.63) is 28.8 Å². The van der Waals surface area contributed by atoms with Crippen LogP contribution < -0.4 is 16.4 Å². The molecular formula is C12H12ClN3O3. The van der Waals surface area contributed by atoms with Crippen LogP contribution in [0.4, 0.5) is 5.69 Å². The van der Waals surface area contributed by atoms with Crippen LogP contribution >= 0.6 is 11.6 Å². The van der Waals surface area contributed by atoms with Crippen molar-refractivity contribution in [3.8, 4) is 0 Å². The molecule has 0 spiro atoms. The third kappa shape index (κ3) is 2.53. The molecule has 1 atom stereocenters. The van der Waals surface area contributed by atoms with Gasteiger partial charge in [0.15, 0.2) is 0 Å². The summed E-state index contributed by atoms with van der Waals surface area (Å²) >= 11 is 6.01. The smallest absolute Gasteiger partial charge is 0.248 e. The van der Waals surface area contributed by atoms with Crippen molar-refractivity contribution in [1.82, 2.24) is 0 Å². The number of rotatable bonds is 3. The molecule has 1 saturated heterocycles. The van der Waals surface area contributed by atoms with Crippen molar-refractivity contribution >= 4 is 35.0 Å². The van der Waals surface area contributed by atoms with Gasteiger partial charge in [-0.3, -0.25) is 14.4 Å². The predicted molar refractivity (Wildman–Crippen MR) is 69.6 cm³/mol. The highest BCUT2D eigenvalue weighted by atomic mass is 35.5. The minimum atomic E-state index is -0.615. The average molecular weight is 282 g/mol. The van der Waals surface area contributed by atoms with E-state index in [0.717, 1.165) is 0 Å².